The van der Waals surface area contributed by atoms with Gasteiger partial charge in [0, 0.05) is 16.6 Å². The molecule has 0 bridgehead atoms. The number of carbonyl (C=O) groups excluding carboxylic acids is 1. The van der Waals surface area contributed by atoms with Crippen LogP contribution >= 0.6 is 15.9 Å². The molecule has 1 aromatic carbocycles. The highest BCUT2D eigenvalue weighted by molar-refractivity contribution is 9.10. The number of benzene rings is 1. The lowest BCUT2D eigenvalue weighted by molar-refractivity contribution is 0.0924. The molecule has 3 nitrogen and oxygen atoms in total. The van der Waals surface area contributed by atoms with Crippen molar-refractivity contribution in [3.05, 3.63) is 33.8 Å². The highest BCUT2D eigenvalue weighted by Gasteiger charge is 2.22. The van der Waals surface area contributed by atoms with Gasteiger partial charge in [-0.05, 0) is 67.7 Å². The van der Waals surface area contributed by atoms with Crippen LogP contribution < -0.4 is 10.6 Å². The Balaban J connectivity index is 1.96. The summed E-state index contributed by atoms with van der Waals surface area (Å²) in [4.78, 5) is 12.3. The highest BCUT2D eigenvalue weighted by Crippen LogP contribution is 2.21. The van der Waals surface area contributed by atoms with Crippen LogP contribution in [0.4, 0.5) is 0 Å². The topological polar surface area (TPSA) is 41.1 Å². The normalized spacial score (nSPS) is 23.1. The van der Waals surface area contributed by atoms with Gasteiger partial charge in [-0.2, -0.15) is 0 Å². The van der Waals surface area contributed by atoms with Crippen molar-refractivity contribution in [1.82, 2.24) is 10.6 Å². The fourth-order valence-electron chi connectivity index (χ4n) is 2.60. The molecule has 0 aliphatic heterocycles. The molecular formula is C15H21BrN2O. The van der Waals surface area contributed by atoms with Crippen molar-refractivity contribution in [1.29, 1.82) is 0 Å². The predicted octanol–water partition coefficient (Wildman–Crippen LogP) is 3.02. The lowest BCUT2D eigenvalue weighted by Crippen LogP contribution is -2.41. The molecule has 2 N–H and O–H groups in total. The Morgan fingerprint density at radius 2 is 1.84 bits per heavy atom. The molecule has 0 radical (unpaired) electrons. The van der Waals surface area contributed by atoms with E-state index in [0.717, 1.165) is 41.3 Å². The minimum absolute atomic E-state index is 0.0310. The number of rotatable bonds is 3. The van der Waals surface area contributed by atoms with E-state index < -0.39 is 0 Å². The fourth-order valence-corrected chi connectivity index (χ4v) is 3.03. The molecule has 0 aromatic heterocycles. The Labute approximate surface area is 123 Å². The van der Waals surface area contributed by atoms with E-state index in [1.807, 2.05) is 32.2 Å². The van der Waals surface area contributed by atoms with Gasteiger partial charge >= 0.3 is 0 Å². The second-order valence-electron chi connectivity index (χ2n) is 5.29. The number of nitrogens with one attached hydrogen (secondary N) is 2. The van der Waals surface area contributed by atoms with E-state index in [1.54, 1.807) is 0 Å². The van der Waals surface area contributed by atoms with Crippen molar-refractivity contribution in [3.63, 3.8) is 0 Å². The number of amides is 1. The highest BCUT2D eigenvalue weighted by atomic mass is 79.9. The quantitative estimate of drug-likeness (QED) is 0.897. The molecule has 1 amide bonds. The van der Waals surface area contributed by atoms with Gasteiger partial charge in [0.25, 0.3) is 5.91 Å². The zero-order chi connectivity index (χ0) is 13.8. The van der Waals surface area contributed by atoms with Crippen LogP contribution in [-0.2, 0) is 0 Å². The molecule has 1 fully saturated rings. The summed E-state index contributed by atoms with van der Waals surface area (Å²) in [6.45, 7) is 2.00. The van der Waals surface area contributed by atoms with Crippen LogP contribution in [-0.4, -0.2) is 25.0 Å². The molecule has 104 valence electrons. The van der Waals surface area contributed by atoms with Gasteiger partial charge in [-0.15, -0.1) is 0 Å². The van der Waals surface area contributed by atoms with E-state index in [1.165, 1.54) is 0 Å². The Bertz CT molecular complexity index is 453. The van der Waals surface area contributed by atoms with Gasteiger partial charge in [0.05, 0.1) is 5.56 Å². The molecule has 0 atom stereocenters. The standard InChI is InChI=1S/C15H21BrN2O/c1-10-3-8-14(16)13(9-10)15(19)18-12-6-4-11(17-2)5-7-12/h3,8-9,11-12,17H,4-7H2,1-2H3,(H,18,19). The van der Waals surface area contributed by atoms with Crippen LogP contribution in [0.1, 0.15) is 41.6 Å². The number of hydrogen-bond donors (Lipinski definition) is 2. The average molecular weight is 325 g/mol. The van der Waals surface area contributed by atoms with Crippen LogP contribution in [0.5, 0.6) is 0 Å². The summed E-state index contributed by atoms with van der Waals surface area (Å²) in [5.74, 6) is 0.0310. The fraction of sp³-hybridized carbons (Fsp3) is 0.533. The largest absolute Gasteiger partial charge is 0.349 e. The molecule has 0 heterocycles. The van der Waals surface area contributed by atoms with Crippen LogP contribution in [0.15, 0.2) is 22.7 Å². The number of carbonyl (C=O) groups is 1. The first kappa shape index (κ1) is 14.5. The van der Waals surface area contributed by atoms with E-state index in [0.29, 0.717) is 12.1 Å². The summed E-state index contributed by atoms with van der Waals surface area (Å²) in [6.07, 6.45) is 4.38. The zero-order valence-electron chi connectivity index (χ0n) is 11.5. The first-order chi connectivity index (χ1) is 9.10. The summed E-state index contributed by atoms with van der Waals surface area (Å²) < 4.78 is 0.861. The van der Waals surface area contributed by atoms with E-state index >= 15 is 0 Å². The van der Waals surface area contributed by atoms with Crippen molar-refractivity contribution in [3.8, 4) is 0 Å². The van der Waals surface area contributed by atoms with Crippen molar-refractivity contribution >= 4 is 21.8 Å². The molecule has 1 aromatic rings. The molecule has 1 aliphatic carbocycles. The van der Waals surface area contributed by atoms with Gasteiger partial charge in [-0.3, -0.25) is 4.79 Å². The van der Waals surface area contributed by atoms with Gasteiger partial charge in [0.15, 0.2) is 0 Å². The van der Waals surface area contributed by atoms with Crippen molar-refractivity contribution in [2.24, 2.45) is 0 Å². The number of halogens is 1. The molecule has 19 heavy (non-hydrogen) atoms. The summed E-state index contributed by atoms with van der Waals surface area (Å²) in [6, 6.07) is 6.78. The average Bonchev–Trinajstić information content (AvgIpc) is 2.42. The molecule has 1 aliphatic rings. The second-order valence-corrected chi connectivity index (χ2v) is 6.15. The van der Waals surface area contributed by atoms with Crippen LogP contribution in [0.2, 0.25) is 0 Å². The third-order valence-electron chi connectivity index (χ3n) is 3.84. The van der Waals surface area contributed by atoms with Crippen LogP contribution in [0.3, 0.4) is 0 Å². The van der Waals surface area contributed by atoms with Gasteiger partial charge in [-0.1, -0.05) is 11.6 Å². The summed E-state index contributed by atoms with van der Waals surface area (Å²) in [5, 5.41) is 6.46. The molecule has 0 saturated heterocycles. The van der Waals surface area contributed by atoms with Crippen LogP contribution in [0, 0.1) is 6.92 Å². The summed E-state index contributed by atoms with van der Waals surface area (Å²) in [5.41, 5.74) is 1.84. The van der Waals surface area contributed by atoms with Crippen molar-refractivity contribution in [2.75, 3.05) is 7.05 Å². The first-order valence-electron chi connectivity index (χ1n) is 6.84. The van der Waals surface area contributed by atoms with Gasteiger partial charge in [0.1, 0.15) is 0 Å². The van der Waals surface area contributed by atoms with E-state index in [-0.39, 0.29) is 5.91 Å². The van der Waals surface area contributed by atoms with Gasteiger partial charge in [0.2, 0.25) is 0 Å². The smallest absolute Gasteiger partial charge is 0.252 e. The third kappa shape index (κ3) is 3.80. The summed E-state index contributed by atoms with van der Waals surface area (Å²) >= 11 is 3.45. The van der Waals surface area contributed by atoms with E-state index in [9.17, 15) is 4.79 Å². The molecule has 2 rings (SSSR count). The minimum Gasteiger partial charge on any atom is -0.349 e. The maximum Gasteiger partial charge on any atom is 0.252 e. The van der Waals surface area contributed by atoms with Gasteiger partial charge in [-0.25, -0.2) is 0 Å². The van der Waals surface area contributed by atoms with Crippen molar-refractivity contribution in [2.45, 2.75) is 44.7 Å². The Kier molecular flexibility index (Phi) is 4.99. The van der Waals surface area contributed by atoms with Crippen molar-refractivity contribution < 1.29 is 4.79 Å². The molecule has 1 saturated carbocycles. The summed E-state index contributed by atoms with van der Waals surface area (Å²) in [7, 11) is 2.01. The SMILES string of the molecule is CNC1CCC(NC(=O)c2cc(C)ccc2Br)CC1. The van der Waals surface area contributed by atoms with E-state index in [2.05, 4.69) is 26.6 Å². The van der Waals surface area contributed by atoms with E-state index in [4.69, 9.17) is 0 Å². The molecular weight excluding hydrogens is 304 g/mol. The number of hydrogen-bond acceptors (Lipinski definition) is 2. The monoisotopic (exact) mass is 324 g/mol. The Morgan fingerprint density at radius 1 is 1.21 bits per heavy atom. The third-order valence-corrected chi connectivity index (χ3v) is 4.53. The van der Waals surface area contributed by atoms with Gasteiger partial charge < -0.3 is 10.6 Å². The minimum atomic E-state index is 0.0310. The van der Waals surface area contributed by atoms with Crippen LogP contribution in [0.25, 0.3) is 0 Å². The Morgan fingerprint density at radius 3 is 2.47 bits per heavy atom. The lowest BCUT2D eigenvalue weighted by Gasteiger charge is -2.29. The second kappa shape index (κ2) is 6.53. The number of aryl methyl sites for hydroxylation is 1. The molecule has 4 heteroatoms. The zero-order valence-corrected chi connectivity index (χ0v) is 13.1. The molecule has 0 spiro atoms. The first-order valence-corrected chi connectivity index (χ1v) is 7.63. The maximum atomic E-state index is 12.3. The predicted molar refractivity (Wildman–Crippen MR) is 81.4 cm³/mol. The Hall–Kier alpha value is -0.870. The molecule has 0 unspecified atom stereocenters. The lowest BCUT2D eigenvalue weighted by atomic mass is 9.91. The maximum absolute atomic E-state index is 12.3.